The summed E-state index contributed by atoms with van der Waals surface area (Å²) in [5, 5.41) is 1.21. The van der Waals surface area contributed by atoms with Gasteiger partial charge in [0.05, 0.1) is 13.0 Å². The molecule has 22 heavy (non-hydrogen) atoms. The summed E-state index contributed by atoms with van der Waals surface area (Å²) in [7, 11) is 0. The molecule has 1 aliphatic carbocycles. The highest BCUT2D eigenvalue weighted by molar-refractivity contribution is 7.09. The molecule has 1 saturated carbocycles. The zero-order valence-electron chi connectivity index (χ0n) is 12.7. The zero-order chi connectivity index (χ0) is 16.4. The van der Waals surface area contributed by atoms with Gasteiger partial charge in [-0.1, -0.05) is 13.8 Å². The first-order valence-electron chi connectivity index (χ1n) is 7.33. The van der Waals surface area contributed by atoms with Gasteiger partial charge in [-0.25, -0.2) is 9.78 Å². The van der Waals surface area contributed by atoms with E-state index >= 15 is 0 Å². The van der Waals surface area contributed by atoms with E-state index in [2.05, 4.69) is 18.8 Å². The summed E-state index contributed by atoms with van der Waals surface area (Å²) in [5.74, 6) is -0.292. The summed E-state index contributed by atoms with van der Waals surface area (Å²) in [4.78, 5) is 15.5. The van der Waals surface area contributed by atoms with Crippen LogP contribution in [0.5, 0.6) is 0 Å². The second-order valence-electron chi connectivity index (χ2n) is 6.62. The largest absolute Gasteiger partial charge is 0.461 e. The molecule has 0 aliphatic heterocycles. The highest BCUT2D eigenvalue weighted by atomic mass is 32.1. The highest BCUT2D eigenvalue weighted by Crippen LogP contribution is 2.38. The van der Waals surface area contributed by atoms with Gasteiger partial charge in [-0.05, 0) is 37.0 Å². The number of carbonyl (C=O) groups is 1. The van der Waals surface area contributed by atoms with E-state index in [9.17, 15) is 18.0 Å². The van der Waals surface area contributed by atoms with Crippen molar-refractivity contribution in [2.24, 2.45) is 11.3 Å². The zero-order valence-corrected chi connectivity index (χ0v) is 13.5. The van der Waals surface area contributed by atoms with Gasteiger partial charge in [-0.15, -0.1) is 11.3 Å². The Morgan fingerprint density at radius 1 is 1.41 bits per heavy atom. The van der Waals surface area contributed by atoms with Crippen LogP contribution < -0.4 is 0 Å². The average molecular weight is 335 g/mol. The fourth-order valence-corrected chi connectivity index (χ4v) is 3.35. The lowest BCUT2D eigenvalue weighted by Crippen LogP contribution is -2.25. The lowest BCUT2D eigenvalue weighted by atomic mass is 9.73. The quantitative estimate of drug-likeness (QED) is 0.754. The molecule has 2 rings (SSSR count). The number of halogens is 3. The van der Waals surface area contributed by atoms with Gasteiger partial charge in [-0.2, -0.15) is 13.2 Å². The molecule has 1 aromatic rings. The number of ether oxygens (including phenoxy) is 1. The molecule has 1 fully saturated rings. The maximum absolute atomic E-state index is 12.3. The molecule has 0 saturated heterocycles. The lowest BCUT2D eigenvalue weighted by molar-refractivity contribution is -0.127. The van der Waals surface area contributed by atoms with E-state index in [-0.39, 0.29) is 10.7 Å². The Morgan fingerprint density at radius 3 is 2.64 bits per heavy atom. The van der Waals surface area contributed by atoms with Crippen LogP contribution in [0.4, 0.5) is 13.2 Å². The maximum atomic E-state index is 12.3. The van der Waals surface area contributed by atoms with Crippen LogP contribution in [-0.2, 0) is 11.2 Å². The van der Waals surface area contributed by atoms with Gasteiger partial charge >= 0.3 is 12.1 Å². The number of alkyl halides is 3. The van der Waals surface area contributed by atoms with Crippen LogP contribution in [0.3, 0.4) is 0 Å². The third kappa shape index (κ3) is 5.26. The van der Waals surface area contributed by atoms with E-state index in [1.165, 1.54) is 5.38 Å². The molecular weight excluding hydrogens is 315 g/mol. The Morgan fingerprint density at radius 2 is 2.05 bits per heavy atom. The summed E-state index contributed by atoms with van der Waals surface area (Å²) in [6.07, 6.45) is -1.20. The van der Waals surface area contributed by atoms with Gasteiger partial charge in [0.15, 0.2) is 5.69 Å². The van der Waals surface area contributed by atoms with E-state index in [4.69, 9.17) is 4.74 Å². The van der Waals surface area contributed by atoms with Crippen molar-refractivity contribution in [3.05, 3.63) is 16.1 Å². The smallest absolute Gasteiger partial charge is 0.395 e. The molecular formula is C15H20F3NO2S. The summed E-state index contributed by atoms with van der Waals surface area (Å²) in [6, 6.07) is 0. The van der Waals surface area contributed by atoms with Gasteiger partial charge < -0.3 is 4.74 Å². The predicted octanol–water partition coefficient (Wildman–Crippen LogP) is 4.62. The summed E-state index contributed by atoms with van der Waals surface area (Å²) < 4.78 is 42.0. The molecule has 0 atom stereocenters. The molecule has 0 N–H and O–H groups in total. The number of rotatable bonds is 4. The van der Waals surface area contributed by atoms with Crippen molar-refractivity contribution in [3.8, 4) is 0 Å². The van der Waals surface area contributed by atoms with Crippen molar-refractivity contribution >= 4 is 17.3 Å². The Bertz CT molecular complexity index is 515. The molecule has 1 heterocycles. The molecule has 0 aromatic carbocycles. The molecule has 0 amide bonds. The Hall–Kier alpha value is -1.11. The van der Waals surface area contributed by atoms with Gasteiger partial charge in [0.25, 0.3) is 0 Å². The number of carbonyl (C=O) groups excluding carboxylic acids is 1. The van der Waals surface area contributed by atoms with Crippen molar-refractivity contribution in [3.63, 3.8) is 0 Å². The highest BCUT2D eigenvalue weighted by Gasteiger charge is 2.30. The third-order valence-corrected chi connectivity index (χ3v) is 4.87. The maximum Gasteiger partial charge on any atom is 0.395 e. The normalized spacial score (nSPS) is 19.1. The molecule has 0 spiro atoms. The monoisotopic (exact) mass is 335 g/mol. The van der Waals surface area contributed by atoms with E-state index in [0.717, 1.165) is 37.0 Å². The minimum Gasteiger partial charge on any atom is -0.461 e. The first-order valence-corrected chi connectivity index (χ1v) is 8.21. The van der Waals surface area contributed by atoms with Gasteiger partial charge in [0, 0.05) is 5.38 Å². The average Bonchev–Trinajstić information content (AvgIpc) is 2.83. The SMILES string of the molecule is CC1(C)CCC(COC(=O)c2csc(CC(F)(F)F)n2)CC1. The van der Waals surface area contributed by atoms with Crippen LogP contribution in [-0.4, -0.2) is 23.7 Å². The van der Waals surface area contributed by atoms with Crippen LogP contribution in [0.2, 0.25) is 0 Å². The van der Waals surface area contributed by atoms with Crippen LogP contribution in [0, 0.1) is 11.3 Å². The van der Waals surface area contributed by atoms with Crippen LogP contribution in [0.15, 0.2) is 5.38 Å². The van der Waals surface area contributed by atoms with E-state index < -0.39 is 18.6 Å². The molecule has 124 valence electrons. The van der Waals surface area contributed by atoms with Crippen molar-refractivity contribution < 1.29 is 22.7 Å². The molecule has 1 aliphatic rings. The third-order valence-electron chi connectivity index (χ3n) is 4.02. The minimum absolute atomic E-state index is 0.0274. The van der Waals surface area contributed by atoms with E-state index in [0.29, 0.717) is 17.9 Å². The fraction of sp³-hybridized carbons (Fsp3) is 0.733. The first-order chi connectivity index (χ1) is 10.1. The number of esters is 1. The number of aromatic nitrogens is 1. The second kappa shape index (κ2) is 6.56. The lowest BCUT2D eigenvalue weighted by Gasteiger charge is -2.33. The summed E-state index contributed by atoms with van der Waals surface area (Å²) in [5.41, 5.74) is 0.322. The van der Waals surface area contributed by atoms with Gasteiger partial charge in [-0.3, -0.25) is 0 Å². The predicted molar refractivity (Wildman–Crippen MR) is 77.9 cm³/mol. The number of thiazole rings is 1. The number of hydrogen-bond donors (Lipinski definition) is 0. The van der Waals surface area contributed by atoms with Crippen LogP contribution >= 0.6 is 11.3 Å². The fourth-order valence-electron chi connectivity index (χ4n) is 2.55. The molecule has 0 bridgehead atoms. The van der Waals surface area contributed by atoms with E-state index in [1.54, 1.807) is 0 Å². The first kappa shape index (κ1) is 17.2. The van der Waals surface area contributed by atoms with E-state index in [1.807, 2.05) is 0 Å². The Balaban J connectivity index is 1.80. The van der Waals surface area contributed by atoms with Gasteiger partial charge in [0.1, 0.15) is 5.01 Å². The molecule has 0 radical (unpaired) electrons. The Kier molecular flexibility index (Phi) is 5.14. The van der Waals surface area contributed by atoms with Crippen molar-refractivity contribution in [1.82, 2.24) is 4.98 Å². The standard InChI is InChI=1S/C15H20F3NO2S/c1-14(2)5-3-10(4-6-14)8-21-13(20)11-9-22-12(19-11)7-15(16,17)18/h9-10H,3-8H2,1-2H3. The van der Waals surface area contributed by atoms with Crippen LogP contribution in [0.1, 0.15) is 55.0 Å². The summed E-state index contributed by atoms with van der Waals surface area (Å²) >= 11 is 0.834. The summed E-state index contributed by atoms with van der Waals surface area (Å²) in [6.45, 7) is 4.78. The van der Waals surface area contributed by atoms with Crippen molar-refractivity contribution in [1.29, 1.82) is 0 Å². The number of nitrogens with zero attached hydrogens (tertiary/aromatic N) is 1. The topological polar surface area (TPSA) is 39.2 Å². The Labute approximate surface area is 131 Å². The molecule has 3 nitrogen and oxygen atoms in total. The van der Waals surface area contributed by atoms with Crippen molar-refractivity contribution in [2.45, 2.75) is 52.1 Å². The number of hydrogen-bond acceptors (Lipinski definition) is 4. The second-order valence-corrected chi connectivity index (χ2v) is 7.57. The minimum atomic E-state index is -4.31. The van der Waals surface area contributed by atoms with Crippen molar-refractivity contribution in [2.75, 3.05) is 6.61 Å². The molecule has 0 unspecified atom stereocenters. The molecule has 1 aromatic heterocycles. The van der Waals surface area contributed by atoms with Gasteiger partial charge in [0.2, 0.25) is 0 Å². The van der Waals surface area contributed by atoms with Crippen LogP contribution in [0.25, 0.3) is 0 Å². The molecule has 7 heteroatoms.